The maximum absolute atomic E-state index is 11.9. The highest BCUT2D eigenvalue weighted by atomic mass is 32.1. The SMILES string of the molecule is NC1C(=O)N(Cc2cccs2)C1c1ccccc1. The number of carbonyl (C=O) groups is 1. The molecule has 1 aliphatic rings. The Hall–Kier alpha value is -1.65. The molecule has 2 N–H and O–H groups in total. The first-order valence-electron chi connectivity index (χ1n) is 5.91. The molecule has 1 fully saturated rings. The van der Waals surface area contributed by atoms with Gasteiger partial charge in [0.2, 0.25) is 5.91 Å². The Kier molecular flexibility index (Phi) is 2.89. The molecular weight excluding hydrogens is 244 g/mol. The summed E-state index contributed by atoms with van der Waals surface area (Å²) in [6.45, 7) is 0.657. The van der Waals surface area contributed by atoms with E-state index in [4.69, 9.17) is 5.73 Å². The number of nitrogens with two attached hydrogens (primary N) is 1. The first-order valence-corrected chi connectivity index (χ1v) is 6.79. The summed E-state index contributed by atoms with van der Waals surface area (Å²) in [6, 6.07) is 13.7. The molecule has 0 bridgehead atoms. The molecule has 2 heterocycles. The third-order valence-corrected chi connectivity index (χ3v) is 4.15. The lowest BCUT2D eigenvalue weighted by Gasteiger charge is -2.45. The number of hydrogen-bond acceptors (Lipinski definition) is 3. The average Bonchev–Trinajstić information content (AvgIpc) is 2.92. The van der Waals surface area contributed by atoms with Crippen LogP contribution in [0.25, 0.3) is 0 Å². The normalized spacial score (nSPS) is 22.9. The van der Waals surface area contributed by atoms with E-state index in [-0.39, 0.29) is 11.9 Å². The molecule has 0 saturated carbocycles. The summed E-state index contributed by atoms with van der Waals surface area (Å²) < 4.78 is 0. The van der Waals surface area contributed by atoms with Crippen molar-refractivity contribution < 1.29 is 4.79 Å². The van der Waals surface area contributed by atoms with E-state index >= 15 is 0 Å². The van der Waals surface area contributed by atoms with Gasteiger partial charge in [0.25, 0.3) is 0 Å². The molecule has 0 aliphatic carbocycles. The van der Waals surface area contributed by atoms with E-state index in [9.17, 15) is 4.79 Å². The summed E-state index contributed by atoms with van der Waals surface area (Å²) in [7, 11) is 0. The Labute approximate surface area is 110 Å². The minimum absolute atomic E-state index is 0.0146. The van der Waals surface area contributed by atoms with E-state index in [1.54, 1.807) is 11.3 Å². The fraction of sp³-hybridized carbons (Fsp3) is 0.214. The first kappa shape index (κ1) is 11.4. The van der Waals surface area contributed by atoms with Gasteiger partial charge in [-0.2, -0.15) is 0 Å². The molecule has 1 aliphatic heterocycles. The number of benzene rings is 1. The average molecular weight is 258 g/mol. The number of β-lactam (4-membered cyclic amide) rings is 1. The van der Waals surface area contributed by atoms with Gasteiger partial charge in [-0.15, -0.1) is 11.3 Å². The molecule has 1 saturated heterocycles. The smallest absolute Gasteiger partial charge is 0.242 e. The molecule has 0 radical (unpaired) electrons. The lowest BCUT2D eigenvalue weighted by atomic mass is 9.89. The lowest BCUT2D eigenvalue weighted by molar-refractivity contribution is -0.150. The third kappa shape index (κ3) is 1.83. The van der Waals surface area contributed by atoms with Crippen LogP contribution in [0.15, 0.2) is 47.8 Å². The Morgan fingerprint density at radius 2 is 1.94 bits per heavy atom. The second-order valence-electron chi connectivity index (χ2n) is 4.43. The molecule has 92 valence electrons. The fourth-order valence-corrected chi connectivity index (χ4v) is 3.06. The predicted octanol–water partition coefficient (Wildman–Crippen LogP) is 2.16. The van der Waals surface area contributed by atoms with Crippen LogP contribution in [-0.4, -0.2) is 16.8 Å². The second-order valence-corrected chi connectivity index (χ2v) is 5.46. The molecule has 1 aromatic carbocycles. The number of likely N-dealkylation sites (tertiary alicyclic amines) is 1. The van der Waals surface area contributed by atoms with Gasteiger partial charge in [-0.05, 0) is 17.0 Å². The van der Waals surface area contributed by atoms with E-state index in [1.165, 1.54) is 4.88 Å². The summed E-state index contributed by atoms with van der Waals surface area (Å²) >= 11 is 1.67. The largest absolute Gasteiger partial charge is 0.327 e. The zero-order valence-electron chi connectivity index (χ0n) is 9.82. The number of nitrogens with zero attached hydrogens (tertiary/aromatic N) is 1. The Bertz CT molecular complexity index is 538. The van der Waals surface area contributed by atoms with Crippen LogP contribution in [0, 0.1) is 0 Å². The maximum Gasteiger partial charge on any atom is 0.242 e. The second kappa shape index (κ2) is 4.55. The van der Waals surface area contributed by atoms with Gasteiger partial charge in [0.05, 0.1) is 12.6 Å². The van der Waals surface area contributed by atoms with Gasteiger partial charge < -0.3 is 10.6 Å². The Morgan fingerprint density at radius 1 is 1.17 bits per heavy atom. The van der Waals surface area contributed by atoms with Crippen LogP contribution >= 0.6 is 11.3 Å². The third-order valence-electron chi connectivity index (χ3n) is 3.29. The van der Waals surface area contributed by atoms with Crippen LogP contribution in [-0.2, 0) is 11.3 Å². The molecule has 3 nitrogen and oxygen atoms in total. The quantitative estimate of drug-likeness (QED) is 0.858. The topological polar surface area (TPSA) is 46.3 Å². The maximum atomic E-state index is 11.9. The summed E-state index contributed by atoms with van der Waals surface area (Å²) in [5.74, 6) is 0.0391. The summed E-state index contributed by atoms with van der Waals surface area (Å²) in [6.07, 6.45) is 0. The Balaban J connectivity index is 1.83. The zero-order chi connectivity index (χ0) is 12.5. The van der Waals surface area contributed by atoms with E-state index in [2.05, 4.69) is 0 Å². The Morgan fingerprint density at radius 3 is 2.61 bits per heavy atom. The van der Waals surface area contributed by atoms with Crippen LogP contribution in [0.4, 0.5) is 0 Å². The monoisotopic (exact) mass is 258 g/mol. The standard InChI is InChI=1S/C14H14N2OS/c15-12-13(10-5-2-1-3-6-10)16(14(12)17)9-11-7-4-8-18-11/h1-8,12-13H,9,15H2. The van der Waals surface area contributed by atoms with Crippen LogP contribution in [0.1, 0.15) is 16.5 Å². The minimum atomic E-state index is -0.396. The van der Waals surface area contributed by atoms with Crippen LogP contribution in [0.3, 0.4) is 0 Å². The van der Waals surface area contributed by atoms with Gasteiger partial charge in [-0.25, -0.2) is 0 Å². The highest BCUT2D eigenvalue weighted by Gasteiger charge is 2.45. The van der Waals surface area contributed by atoms with E-state index in [0.29, 0.717) is 6.54 Å². The van der Waals surface area contributed by atoms with Gasteiger partial charge in [0.15, 0.2) is 0 Å². The number of carbonyl (C=O) groups excluding carboxylic acids is 1. The van der Waals surface area contributed by atoms with E-state index in [1.807, 2.05) is 52.7 Å². The number of thiophene rings is 1. The number of rotatable bonds is 3. The fourth-order valence-electron chi connectivity index (χ4n) is 2.36. The van der Waals surface area contributed by atoms with Gasteiger partial charge in [0.1, 0.15) is 6.04 Å². The molecule has 18 heavy (non-hydrogen) atoms. The minimum Gasteiger partial charge on any atom is -0.327 e. The summed E-state index contributed by atoms with van der Waals surface area (Å²) in [4.78, 5) is 14.9. The number of hydrogen-bond donors (Lipinski definition) is 1. The van der Waals surface area contributed by atoms with Crippen LogP contribution < -0.4 is 5.73 Å². The summed E-state index contributed by atoms with van der Waals surface area (Å²) in [5, 5.41) is 2.02. The molecule has 4 heteroatoms. The van der Waals surface area contributed by atoms with Crippen molar-refractivity contribution in [3.8, 4) is 0 Å². The van der Waals surface area contributed by atoms with Crippen molar-refractivity contribution in [2.45, 2.75) is 18.6 Å². The highest BCUT2D eigenvalue weighted by molar-refractivity contribution is 7.09. The van der Waals surface area contributed by atoms with Gasteiger partial charge >= 0.3 is 0 Å². The van der Waals surface area contributed by atoms with Crippen molar-refractivity contribution in [1.29, 1.82) is 0 Å². The van der Waals surface area contributed by atoms with Gasteiger partial charge in [-0.3, -0.25) is 4.79 Å². The van der Waals surface area contributed by atoms with Crippen LogP contribution in [0.5, 0.6) is 0 Å². The first-order chi connectivity index (χ1) is 8.77. The molecular formula is C14H14N2OS. The van der Waals surface area contributed by atoms with E-state index in [0.717, 1.165) is 5.56 Å². The molecule has 2 aromatic rings. The van der Waals surface area contributed by atoms with Crippen molar-refractivity contribution in [2.24, 2.45) is 5.73 Å². The van der Waals surface area contributed by atoms with Crippen molar-refractivity contribution in [1.82, 2.24) is 4.90 Å². The predicted molar refractivity (Wildman–Crippen MR) is 72.0 cm³/mol. The van der Waals surface area contributed by atoms with E-state index < -0.39 is 6.04 Å². The summed E-state index contributed by atoms with van der Waals surface area (Å²) in [5.41, 5.74) is 7.04. The van der Waals surface area contributed by atoms with Crippen molar-refractivity contribution in [2.75, 3.05) is 0 Å². The highest BCUT2D eigenvalue weighted by Crippen LogP contribution is 2.35. The number of amides is 1. The van der Waals surface area contributed by atoms with Gasteiger partial charge in [-0.1, -0.05) is 36.4 Å². The van der Waals surface area contributed by atoms with Gasteiger partial charge in [0, 0.05) is 4.88 Å². The lowest BCUT2D eigenvalue weighted by Crippen LogP contribution is -2.62. The molecule has 2 atom stereocenters. The molecule has 1 amide bonds. The molecule has 2 unspecified atom stereocenters. The van der Waals surface area contributed by atoms with Crippen molar-refractivity contribution in [3.63, 3.8) is 0 Å². The van der Waals surface area contributed by atoms with Crippen molar-refractivity contribution in [3.05, 3.63) is 58.3 Å². The van der Waals surface area contributed by atoms with Crippen molar-refractivity contribution >= 4 is 17.2 Å². The molecule has 1 aromatic heterocycles. The zero-order valence-corrected chi connectivity index (χ0v) is 10.6. The molecule has 3 rings (SSSR count). The molecule has 0 spiro atoms. The van der Waals surface area contributed by atoms with Crippen LogP contribution in [0.2, 0.25) is 0 Å².